The second-order valence-corrected chi connectivity index (χ2v) is 4.18. The molecule has 2 rings (SSSR count). The van der Waals surface area contributed by atoms with E-state index in [2.05, 4.69) is 38.2 Å². The summed E-state index contributed by atoms with van der Waals surface area (Å²) < 4.78 is 5.81. The summed E-state index contributed by atoms with van der Waals surface area (Å²) in [5.41, 5.74) is 3.68. The summed E-state index contributed by atoms with van der Waals surface area (Å²) >= 11 is 0. The number of hydrogen-bond donors (Lipinski definition) is 1. The van der Waals surface area contributed by atoms with Gasteiger partial charge in [0.25, 0.3) is 0 Å². The van der Waals surface area contributed by atoms with Crippen LogP contribution in [0.4, 0.5) is 5.69 Å². The van der Waals surface area contributed by atoms with Gasteiger partial charge in [-0.15, -0.1) is 0 Å². The number of aryl methyl sites for hydroxylation is 1. The maximum Gasteiger partial charge on any atom is 0.145 e. The summed E-state index contributed by atoms with van der Waals surface area (Å²) in [6, 6.07) is 4.25. The number of ether oxygens (including phenoxy) is 1. The van der Waals surface area contributed by atoms with E-state index in [1.807, 2.05) is 0 Å². The fourth-order valence-corrected chi connectivity index (χ4v) is 1.68. The highest BCUT2D eigenvalue weighted by Crippen LogP contribution is 2.32. The molecular weight excluding hydrogens is 174 g/mol. The lowest BCUT2D eigenvalue weighted by atomic mass is 10.1. The fraction of sp³-hybridized carbons (Fsp3) is 0.500. The molecule has 1 aliphatic rings. The molecule has 0 fully saturated rings. The Morgan fingerprint density at radius 2 is 2.14 bits per heavy atom. The summed E-state index contributed by atoms with van der Waals surface area (Å²) in [6.07, 6.45) is 0. The van der Waals surface area contributed by atoms with Gasteiger partial charge in [0, 0.05) is 12.5 Å². The van der Waals surface area contributed by atoms with E-state index in [0.29, 0.717) is 5.92 Å². The van der Waals surface area contributed by atoms with Gasteiger partial charge in [0.2, 0.25) is 0 Å². The van der Waals surface area contributed by atoms with Crippen molar-refractivity contribution in [2.24, 2.45) is 5.92 Å². The van der Waals surface area contributed by atoms with Crippen LogP contribution in [0, 0.1) is 19.8 Å². The molecule has 1 aromatic carbocycles. The van der Waals surface area contributed by atoms with Gasteiger partial charge in [-0.05, 0) is 31.0 Å². The predicted molar refractivity (Wildman–Crippen MR) is 59.1 cm³/mol. The first-order chi connectivity index (χ1) is 6.68. The molecule has 0 saturated carbocycles. The summed E-state index contributed by atoms with van der Waals surface area (Å²) in [6.45, 7) is 8.24. The number of anilines is 1. The first-order valence-electron chi connectivity index (χ1n) is 5.15. The molecule has 1 N–H and O–H groups in total. The van der Waals surface area contributed by atoms with Crippen molar-refractivity contribution in [3.63, 3.8) is 0 Å². The van der Waals surface area contributed by atoms with Crippen LogP contribution in [0.15, 0.2) is 12.1 Å². The average molecular weight is 191 g/mol. The zero-order valence-electron chi connectivity index (χ0n) is 9.05. The van der Waals surface area contributed by atoms with E-state index in [4.69, 9.17) is 4.74 Å². The first kappa shape index (κ1) is 9.38. The van der Waals surface area contributed by atoms with Crippen LogP contribution in [-0.2, 0) is 0 Å². The molecule has 0 saturated heterocycles. The SMILES string of the molecule is Cc1ccc2c(c1C)OCC(C)CN2. The highest BCUT2D eigenvalue weighted by molar-refractivity contribution is 5.62. The molecule has 0 spiro atoms. The maximum absolute atomic E-state index is 5.81. The number of fused-ring (bicyclic) bond motifs is 1. The Morgan fingerprint density at radius 3 is 2.93 bits per heavy atom. The van der Waals surface area contributed by atoms with Crippen LogP contribution in [0.2, 0.25) is 0 Å². The zero-order chi connectivity index (χ0) is 10.1. The molecule has 0 amide bonds. The van der Waals surface area contributed by atoms with E-state index in [1.165, 1.54) is 11.1 Å². The lowest BCUT2D eigenvalue weighted by Crippen LogP contribution is -2.13. The van der Waals surface area contributed by atoms with Crippen LogP contribution in [-0.4, -0.2) is 13.2 Å². The van der Waals surface area contributed by atoms with Gasteiger partial charge in [-0.1, -0.05) is 13.0 Å². The minimum atomic E-state index is 0.571. The molecule has 14 heavy (non-hydrogen) atoms. The van der Waals surface area contributed by atoms with Gasteiger partial charge in [-0.3, -0.25) is 0 Å². The lowest BCUT2D eigenvalue weighted by molar-refractivity contribution is 0.274. The molecule has 0 aliphatic carbocycles. The van der Waals surface area contributed by atoms with Crippen LogP contribution >= 0.6 is 0 Å². The minimum Gasteiger partial charge on any atom is -0.491 e. The van der Waals surface area contributed by atoms with Gasteiger partial charge in [0.1, 0.15) is 5.75 Å². The quantitative estimate of drug-likeness (QED) is 0.680. The smallest absolute Gasteiger partial charge is 0.145 e. The van der Waals surface area contributed by atoms with Crippen molar-refractivity contribution in [1.82, 2.24) is 0 Å². The van der Waals surface area contributed by atoms with E-state index in [0.717, 1.165) is 24.6 Å². The average Bonchev–Trinajstić information content (AvgIpc) is 2.35. The Balaban J connectivity index is 2.41. The van der Waals surface area contributed by atoms with Crippen molar-refractivity contribution in [2.75, 3.05) is 18.5 Å². The monoisotopic (exact) mass is 191 g/mol. The highest BCUT2D eigenvalue weighted by atomic mass is 16.5. The summed E-state index contributed by atoms with van der Waals surface area (Å²) in [7, 11) is 0. The van der Waals surface area contributed by atoms with Crippen LogP contribution in [0.25, 0.3) is 0 Å². The van der Waals surface area contributed by atoms with Gasteiger partial charge in [-0.2, -0.15) is 0 Å². The molecule has 1 unspecified atom stereocenters. The topological polar surface area (TPSA) is 21.3 Å². The van der Waals surface area contributed by atoms with Crippen LogP contribution in [0.5, 0.6) is 5.75 Å². The molecule has 1 atom stereocenters. The molecule has 0 aromatic heterocycles. The third-order valence-corrected chi connectivity index (χ3v) is 2.83. The van der Waals surface area contributed by atoms with Crippen molar-refractivity contribution >= 4 is 5.69 Å². The predicted octanol–water partition coefficient (Wildman–Crippen LogP) is 2.74. The molecule has 76 valence electrons. The molecule has 1 aliphatic heterocycles. The third-order valence-electron chi connectivity index (χ3n) is 2.83. The van der Waals surface area contributed by atoms with Gasteiger partial charge in [0.15, 0.2) is 0 Å². The normalized spacial score (nSPS) is 20.4. The van der Waals surface area contributed by atoms with Crippen molar-refractivity contribution in [1.29, 1.82) is 0 Å². The van der Waals surface area contributed by atoms with Crippen molar-refractivity contribution < 1.29 is 4.74 Å². The van der Waals surface area contributed by atoms with E-state index >= 15 is 0 Å². The van der Waals surface area contributed by atoms with Crippen molar-refractivity contribution in [2.45, 2.75) is 20.8 Å². The van der Waals surface area contributed by atoms with Gasteiger partial charge >= 0.3 is 0 Å². The fourth-order valence-electron chi connectivity index (χ4n) is 1.68. The number of nitrogens with one attached hydrogen (secondary N) is 1. The van der Waals surface area contributed by atoms with Crippen LogP contribution in [0.3, 0.4) is 0 Å². The van der Waals surface area contributed by atoms with Crippen LogP contribution in [0.1, 0.15) is 18.1 Å². The van der Waals surface area contributed by atoms with Gasteiger partial charge < -0.3 is 10.1 Å². The molecular formula is C12H17NO. The zero-order valence-corrected chi connectivity index (χ0v) is 9.05. The largest absolute Gasteiger partial charge is 0.491 e. The lowest BCUT2D eigenvalue weighted by Gasteiger charge is -2.12. The Labute approximate surface area is 85.3 Å². The van der Waals surface area contributed by atoms with Gasteiger partial charge in [0.05, 0.1) is 12.3 Å². The first-order valence-corrected chi connectivity index (χ1v) is 5.15. The van der Waals surface area contributed by atoms with E-state index in [-0.39, 0.29) is 0 Å². The molecule has 2 nitrogen and oxygen atoms in total. The van der Waals surface area contributed by atoms with Crippen molar-refractivity contribution in [3.8, 4) is 5.75 Å². The second-order valence-electron chi connectivity index (χ2n) is 4.18. The summed E-state index contributed by atoms with van der Waals surface area (Å²) in [5, 5.41) is 3.42. The maximum atomic E-state index is 5.81. The Hall–Kier alpha value is -1.18. The Kier molecular flexibility index (Phi) is 2.36. The van der Waals surface area contributed by atoms with E-state index < -0.39 is 0 Å². The third kappa shape index (κ3) is 1.57. The molecule has 1 heterocycles. The molecule has 0 radical (unpaired) electrons. The second kappa shape index (κ2) is 3.52. The standard InChI is InChI=1S/C12H17NO/c1-8-6-13-11-5-4-9(2)10(3)12(11)14-7-8/h4-5,8,13H,6-7H2,1-3H3. The summed E-state index contributed by atoms with van der Waals surface area (Å²) in [5.74, 6) is 1.61. The number of hydrogen-bond acceptors (Lipinski definition) is 2. The highest BCUT2D eigenvalue weighted by Gasteiger charge is 2.15. The Bertz CT molecular complexity index is 346. The number of benzene rings is 1. The minimum absolute atomic E-state index is 0.571. The van der Waals surface area contributed by atoms with Crippen LogP contribution < -0.4 is 10.1 Å². The molecule has 0 bridgehead atoms. The molecule has 1 aromatic rings. The number of rotatable bonds is 0. The van der Waals surface area contributed by atoms with E-state index in [1.54, 1.807) is 0 Å². The Morgan fingerprint density at radius 1 is 1.36 bits per heavy atom. The molecule has 2 heteroatoms. The van der Waals surface area contributed by atoms with Gasteiger partial charge in [-0.25, -0.2) is 0 Å². The summed E-state index contributed by atoms with van der Waals surface area (Å²) in [4.78, 5) is 0. The van der Waals surface area contributed by atoms with E-state index in [9.17, 15) is 0 Å². The van der Waals surface area contributed by atoms with Crippen molar-refractivity contribution in [3.05, 3.63) is 23.3 Å².